The molecule has 0 fully saturated rings. The van der Waals surface area contributed by atoms with Crippen LogP contribution in [0.15, 0.2) is 30.3 Å². The van der Waals surface area contributed by atoms with E-state index >= 15 is 0 Å². The minimum atomic E-state index is -0.259. The summed E-state index contributed by atoms with van der Waals surface area (Å²) in [5, 5.41) is 3.06. The molecule has 3 nitrogen and oxygen atoms in total. The summed E-state index contributed by atoms with van der Waals surface area (Å²) in [6, 6.07) is 9.70. The molecular weight excluding hydrogens is 272 g/mol. The number of halogens is 1. The number of carbonyl (C=O) groups is 1. The molecule has 0 radical (unpaired) electrons. The topological polar surface area (TPSA) is 55.1 Å². The lowest BCUT2D eigenvalue weighted by atomic mass is 9.93. The van der Waals surface area contributed by atoms with Crippen molar-refractivity contribution in [2.24, 2.45) is 17.6 Å². The van der Waals surface area contributed by atoms with E-state index in [1.54, 1.807) is 0 Å². The van der Waals surface area contributed by atoms with E-state index in [1.807, 2.05) is 44.2 Å². The van der Waals surface area contributed by atoms with Crippen LogP contribution in [0.25, 0.3) is 0 Å². The minimum absolute atomic E-state index is 0. The second-order valence-electron chi connectivity index (χ2n) is 5.41. The summed E-state index contributed by atoms with van der Waals surface area (Å²) >= 11 is 0. The fourth-order valence-corrected chi connectivity index (χ4v) is 1.98. The molecule has 4 atom stereocenters. The van der Waals surface area contributed by atoms with Gasteiger partial charge in [-0.25, -0.2) is 0 Å². The largest absolute Gasteiger partial charge is 0.353 e. The van der Waals surface area contributed by atoms with Crippen LogP contribution >= 0.6 is 12.4 Å². The first-order valence-corrected chi connectivity index (χ1v) is 7.08. The SMILES string of the molecule is CCC(C)C(C)NC(=O)C(C)C(N)c1ccccc1.Cl. The van der Waals surface area contributed by atoms with Gasteiger partial charge in [0.1, 0.15) is 0 Å². The first-order valence-electron chi connectivity index (χ1n) is 7.08. The van der Waals surface area contributed by atoms with E-state index in [-0.39, 0.29) is 36.3 Å². The summed E-state index contributed by atoms with van der Waals surface area (Å²) in [6.45, 7) is 8.21. The van der Waals surface area contributed by atoms with Gasteiger partial charge >= 0.3 is 0 Å². The molecule has 1 aromatic carbocycles. The molecule has 114 valence electrons. The van der Waals surface area contributed by atoms with Crippen LogP contribution in [0.1, 0.15) is 45.7 Å². The number of hydrogen-bond donors (Lipinski definition) is 2. The third-order valence-corrected chi connectivity index (χ3v) is 4.00. The van der Waals surface area contributed by atoms with Crippen LogP contribution in [0.3, 0.4) is 0 Å². The number of amides is 1. The van der Waals surface area contributed by atoms with Gasteiger partial charge in [-0.15, -0.1) is 12.4 Å². The first-order chi connectivity index (χ1) is 8.97. The van der Waals surface area contributed by atoms with Crippen LogP contribution in [0, 0.1) is 11.8 Å². The number of rotatable bonds is 6. The molecule has 0 aromatic heterocycles. The summed E-state index contributed by atoms with van der Waals surface area (Å²) in [5.74, 6) is 0.280. The van der Waals surface area contributed by atoms with Crippen molar-refractivity contribution in [1.82, 2.24) is 5.32 Å². The molecule has 0 saturated carbocycles. The van der Waals surface area contributed by atoms with Gasteiger partial charge in [0.15, 0.2) is 0 Å². The molecule has 4 unspecified atom stereocenters. The van der Waals surface area contributed by atoms with E-state index in [4.69, 9.17) is 5.73 Å². The maximum Gasteiger partial charge on any atom is 0.224 e. The zero-order valence-electron chi connectivity index (χ0n) is 12.8. The van der Waals surface area contributed by atoms with Gasteiger partial charge in [0.05, 0.1) is 5.92 Å². The predicted octanol–water partition coefficient (Wildman–Crippen LogP) is 3.30. The summed E-state index contributed by atoms with van der Waals surface area (Å²) in [5.41, 5.74) is 7.16. The number of carbonyl (C=O) groups excluding carboxylic acids is 1. The van der Waals surface area contributed by atoms with Gasteiger partial charge in [0, 0.05) is 12.1 Å². The van der Waals surface area contributed by atoms with E-state index in [0.29, 0.717) is 5.92 Å². The number of nitrogens with two attached hydrogens (primary N) is 1. The molecule has 1 aromatic rings. The Balaban J connectivity index is 0.00000361. The average Bonchev–Trinajstić information content (AvgIpc) is 2.45. The number of nitrogens with one attached hydrogen (secondary N) is 1. The second-order valence-corrected chi connectivity index (χ2v) is 5.41. The Hall–Kier alpha value is -1.06. The Labute approximate surface area is 128 Å². The molecule has 0 aliphatic carbocycles. The van der Waals surface area contributed by atoms with Gasteiger partial charge in [0.25, 0.3) is 0 Å². The smallest absolute Gasteiger partial charge is 0.224 e. The average molecular weight is 299 g/mol. The van der Waals surface area contributed by atoms with Crippen LogP contribution in [-0.2, 0) is 4.79 Å². The van der Waals surface area contributed by atoms with Gasteiger partial charge in [-0.05, 0) is 18.4 Å². The standard InChI is InChI=1S/C16H26N2O.ClH/c1-5-11(2)13(4)18-16(19)12(3)15(17)14-9-7-6-8-10-14;/h6-13,15H,5,17H2,1-4H3,(H,18,19);1H. The van der Waals surface area contributed by atoms with Gasteiger partial charge < -0.3 is 11.1 Å². The highest BCUT2D eigenvalue weighted by Crippen LogP contribution is 2.19. The quantitative estimate of drug-likeness (QED) is 0.846. The molecule has 20 heavy (non-hydrogen) atoms. The summed E-state index contributed by atoms with van der Waals surface area (Å²) in [4.78, 5) is 12.2. The van der Waals surface area contributed by atoms with E-state index < -0.39 is 0 Å². The van der Waals surface area contributed by atoms with Crippen LogP contribution < -0.4 is 11.1 Å². The van der Waals surface area contributed by atoms with Crippen molar-refractivity contribution in [1.29, 1.82) is 0 Å². The Morgan fingerprint density at radius 2 is 1.75 bits per heavy atom. The summed E-state index contributed by atoms with van der Waals surface area (Å²) in [7, 11) is 0. The maximum atomic E-state index is 12.2. The number of hydrogen-bond acceptors (Lipinski definition) is 2. The first kappa shape index (κ1) is 18.9. The molecule has 0 bridgehead atoms. The second kappa shape index (κ2) is 8.98. The molecule has 0 spiro atoms. The Morgan fingerprint density at radius 1 is 1.20 bits per heavy atom. The summed E-state index contributed by atoms with van der Waals surface area (Å²) in [6.07, 6.45) is 1.06. The Kier molecular flexibility index (Phi) is 8.51. The molecule has 0 saturated heterocycles. The van der Waals surface area contributed by atoms with Crippen molar-refractivity contribution >= 4 is 18.3 Å². The molecule has 0 aliphatic rings. The molecule has 3 N–H and O–H groups in total. The fraction of sp³-hybridized carbons (Fsp3) is 0.562. The summed E-state index contributed by atoms with van der Waals surface area (Å²) < 4.78 is 0. The highest BCUT2D eigenvalue weighted by molar-refractivity contribution is 5.85. The molecular formula is C16H27ClN2O. The fourth-order valence-electron chi connectivity index (χ4n) is 1.98. The lowest BCUT2D eigenvalue weighted by Crippen LogP contribution is -2.42. The van der Waals surface area contributed by atoms with E-state index in [0.717, 1.165) is 12.0 Å². The van der Waals surface area contributed by atoms with Crippen molar-refractivity contribution in [3.63, 3.8) is 0 Å². The third kappa shape index (κ3) is 5.14. The molecule has 0 heterocycles. The van der Waals surface area contributed by atoms with Crippen molar-refractivity contribution in [3.05, 3.63) is 35.9 Å². The third-order valence-electron chi connectivity index (χ3n) is 4.00. The lowest BCUT2D eigenvalue weighted by molar-refractivity contribution is -0.126. The zero-order valence-corrected chi connectivity index (χ0v) is 13.6. The maximum absolute atomic E-state index is 12.2. The lowest BCUT2D eigenvalue weighted by Gasteiger charge is -2.25. The minimum Gasteiger partial charge on any atom is -0.353 e. The van der Waals surface area contributed by atoms with Crippen molar-refractivity contribution in [2.75, 3.05) is 0 Å². The zero-order chi connectivity index (χ0) is 14.4. The van der Waals surface area contributed by atoms with E-state index in [1.165, 1.54) is 0 Å². The van der Waals surface area contributed by atoms with E-state index in [9.17, 15) is 4.79 Å². The van der Waals surface area contributed by atoms with Gasteiger partial charge in [-0.1, -0.05) is 57.5 Å². The highest BCUT2D eigenvalue weighted by atomic mass is 35.5. The van der Waals surface area contributed by atoms with Gasteiger partial charge in [-0.3, -0.25) is 4.79 Å². The number of benzene rings is 1. The normalized spacial score (nSPS) is 16.4. The Morgan fingerprint density at radius 3 is 2.25 bits per heavy atom. The highest BCUT2D eigenvalue weighted by Gasteiger charge is 2.24. The molecule has 1 rings (SSSR count). The van der Waals surface area contributed by atoms with Gasteiger partial charge in [-0.2, -0.15) is 0 Å². The molecule has 4 heteroatoms. The predicted molar refractivity (Wildman–Crippen MR) is 86.8 cm³/mol. The van der Waals surface area contributed by atoms with Crippen molar-refractivity contribution < 1.29 is 4.79 Å². The molecule has 1 amide bonds. The van der Waals surface area contributed by atoms with Crippen LogP contribution in [0.2, 0.25) is 0 Å². The van der Waals surface area contributed by atoms with Crippen molar-refractivity contribution in [2.45, 2.75) is 46.2 Å². The van der Waals surface area contributed by atoms with Gasteiger partial charge in [0.2, 0.25) is 5.91 Å². The monoisotopic (exact) mass is 298 g/mol. The van der Waals surface area contributed by atoms with E-state index in [2.05, 4.69) is 19.2 Å². The molecule has 0 aliphatic heterocycles. The Bertz CT molecular complexity index is 397. The van der Waals surface area contributed by atoms with Crippen molar-refractivity contribution in [3.8, 4) is 0 Å². The van der Waals surface area contributed by atoms with Crippen LogP contribution in [0.4, 0.5) is 0 Å². The van der Waals surface area contributed by atoms with Crippen LogP contribution in [-0.4, -0.2) is 11.9 Å². The van der Waals surface area contributed by atoms with Crippen LogP contribution in [0.5, 0.6) is 0 Å².